The summed E-state index contributed by atoms with van der Waals surface area (Å²) in [5, 5.41) is 12.9. The van der Waals surface area contributed by atoms with Gasteiger partial charge >= 0.3 is 5.97 Å². The van der Waals surface area contributed by atoms with E-state index in [9.17, 15) is 9.90 Å². The summed E-state index contributed by atoms with van der Waals surface area (Å²) >= 11 is 0. The van der Waals surface area contributed by atoms with Gasteiger partial charge in [-0.2, -0.15) is 0 Å². The molecule has 20 heavy (non-hydrogen) atoms. The molecular weight excluding hydrogens is 254 g/mol. The number of aliphatic carboxylic acids is 1. The number of carboxylic acids is 1. The average molecular weight is 285 g/mol. The third-order valence-electron chi connectivity index (χ3n) is 3.92. The Morgan fingerprint density at radius 2 is 1.95 bits per heavy atom. The SMILES string of the molecule is CCCCCCCOCC(NC(C)C)(C(=O)O)C1CC1. The lowest BCUT2D eigenvalue weighted by Crippen LogP contribution is -2.59. The molecule has 1 fully saturated rings. The number of ether oxygens (including phenoxy) is 1. The minimum atomic E-state index is -0.877. The zero-order chi connectivity index (χ0) is 15.0. The highest BCUT2D eigenvalue weighted by atomic mass is 16.5. The molecule has 0 radical (unpaired) electrons. The summed E-state index contributed by atoms with van der Waals surface area (Å²) in [5.74, 6) is -0.540. The number of hydrogen-bond donors (Lipinski definition) is 2. The van der Waals surface area contributed by atoms with Crippen LogP contribution in [-0.2, 0) is 9.53 Å². The molecule has 1 rings (SSSR count). The van der Waals surface area contributed by atoms with E-state index >= 15 is 0 Å². The first-order valence-corrected chi connectivity index (χ1v) is 8.11. The molecule has 1 aliphatic carbocycles. The highest BCUT2D eigenvalue weighted by Gasteiger charge is 2.51. The van der Waals surface area contributed by atoms with E-state index in [1.807, 2.05) is 13.8 Å². The van der Waals surface area contributed by atoms with E-state index in [0.29, 0.717) is 13.2 Å². The van der Waals surface area contributed by atoms with E-state index in [0.717, 1.165) is 19.3 Å². The Bertz CT molecular complexity index is 289. The van der Waals surface area contributed by atoms with Gasteiger partial charge in [0.25, 0.3) is 0 Å². The minimum absolute atomic E-state index is 0.153. The molecule has 0 saturated heterocycles. The molecule has 4 heteroatoms. The van der Waals surface area contributed by atoms with Gasteiger partial charge in [0.2, 0.25) is 0 Å². The van der Waals surface area contributed by atoms with Crippen molar-refractivity contribution >= 4 is 5.97 Å². The van der Waals surface area contributed by atoms with Crippen molar-refractivity contribution in [3.05, 3.63) is 0 Å². The Balaban J connectivity index is 2.35. The lowest BCUT2D eigenvalue weighted by atomic mass is 9.93. The fraction of sp³-hybridized carbons (Fsp3) is 0.938. The molecule has 118 valence electrons. The van der Waals surface area contributed by atoms with Gasteiger partial charge in [0.15, 0.2) is 0 Å². The Morgan fingerprint density at radius 1 is 1.30 bits per heavy atom. The largest absolute Gasteiger partial charge is 0.480 e. The minimum Gasteiger partial charge on any atom is -0.480 e. The summed E-state index contributed by atoms with van der Waals surface area (Å²) in [6.07, 6.45) is 7.95. The smallest absolute Gasteiger partial charge is 0.326 e. The van der Waals surface area contributed by atoms with Crippen LogP contribution in [0.25, 0.3) is 0 Å². The molecule has 0 spiro atoms. The number of unbranched alkanes of at least 4 members (excludes halogenated alkanes) is 4. The van der Waals surface area contributed by atoms with Gasteiger partial charge in [-0.25, -0.2) is 0 Å². The molecular formula is C16H31NO3. The molecule has 2 N–H and O–H groups in total. The Kier molecular flexibility index (Phi) is 7.52. The van der Waals surface area contributed by atoms with Gasteiger partial charge in [0, 0.05) is 12.6 Å². The maximum absolute atomic E-state index is 11.7. The van der Waals surface area contributed by atoms with Crippen molar-refractivity contribution in [2.24, 2.45) is 5.92 Å². The third kappa shape index (κ3) is 5.41. The van der Waals surface area contributed by atoms with Crippen molar-refractivity contribution < 1.29 is 14.6 Å². The monoisotopic (exact) mass is 285 g/mol. The van der Waals surface area contributed by atoms with Crippen molar-refractivity contribution in [3.8, 4) is 0 Å². The number of nitrogens with one attached hydrogen (secondary N) is 1. The van der Waals surface area contributed by atoms with E-state index in [1.165, 1.54) is 25.7 Å². The summed E-state index contributed by atoms with van der Waals surface area (Å²) in [4.78, 5) is 11.7. The average Bonchev–Trinajstić information content (AvgIpc) is 3.20. The molecule has 0 aromatic carbocycles. The van der Waals surface area contributed by atoms with Crippen molar-refractivity contribution in [1.82, 2.24) is 5.32 Å². The van der Waals surface area contributed by atoms with Crippen LogP contribution in [0.5, 0.6) is 0 Å². The molecule has 0 amide bonds. The summed E-state index contributed by atoms with van der Waals surface area (Å²) < 4.78 is 5.70. The number of carbonyl (C=O) groups is 1. The van der Waals surface area contributed by atoms with Gasteiger partial charge in [0.05, 0.1) is 6.61 Å². The van der Waals surface area contributed by atoms with Gasteiger partial charge in [-0.05, 0) is 39.0 Å². The van der Waals surface area contributed by atoms with Crippen LogP contribution in [0, 0.1) is 5.92 Å². The van der Waals surface area contributed by atoms with E-state index in [1.54, 1.807) is 0 Å². The number of carboxylic acid groups (broad SMARTS) is 1. The van der Waals surface area contributed by atoms with E-state index in [4.69, 9.17) is 4.74 Å². The first-order valence-electron chi connectivity index (χ1n) is 8.11. The maximum atomic E-state index is 11.7. The Labute approximate surface area is 123 Å². The topological polar surface area (TPSA) is 58.6 Å². The second-order valence-corrected chi connectivity index (χ2v) is 6.32. The molecule has 1 aliphatic rings. The molecule has 1 saturated carbocycles. The van der Waals surface area contributed by atoms with Crippen LogP contribution in [0.1, 0.15) is 65.7 Å². The van der Waals surface area contributed by atoms with Gasteiger partial charge in [-0.3, -0.25) is 10.1 Å². The predicted octanol–water partition coefficient (Wildman–Crippen LogP) is 3.20. The standard InChI is InChI=1S/C16H31NO3/c1-4-5-6-7-8-11-20-12-16(15(18)19,14-9-10-14)17-13(2)3/h13-14,17H,4-12H2,1-3H3,(H,18,19). The molecule has 0 aliphatic heterocycles. The second kappa shape index (κ2) is 8.63. The molecule has 0 bridgehead atoms. The molecule has 0 aromatic rings. The van der Waals surface area contributed by atoms with Crippen LogP contribution >= 0.6 is 0 Å². The van der Waals surface area contributed by atoms with E-state index in [2.05, 4.69) is 12.2 Å². The highest BCUT2D eigenvalue weighted by molar-refractivity contribution is 5.80. The number of hydrogen-bond acceptors (Lipinski definition) is 3. The summed E-state index contributed by atoms with van der Waals surface area (Å²) in [7, 11) is 0. The lowest BCUT2D eigenvalue weighted by molar-refractivity contribution is -0.149. The van der Waals surface area contributed by atoms with Crippen LogP contribution in [-0.4, -0.2) is 35.9 Å². The van der Waals surface area contributed by atoms with Crippen LogP contribution < -0.4 is 5.32 Å². The van der Waals surface area contributed by atoms with Crippen LogP contribution in [0.4, 0.5) is 0 Å². The summed E-state index contributed by atoms with van der Waals surface area (Å²) in [6, 6.07) is 0.153. The van der Waals surface area contributed by atoms with E-state index in [-0.39, 0.29) is 12.0 Å². The molecule has 0 heterocycles. The first-order chi connectivity index (χ1) is 9.53. The molecule has 0 aromatic heterocycles. The molecule has 1 unspecified atom stereocenters. The van der Waals surface area contributed by atoms with Crippen molar-refractivity contribution in [1.29, 1.82) is 0 Å². The van der Waals surface area contributed by atoms with Crippen LogP contribution in [0.2, 0.25) is 0 Å². The summed E-state index contributed by atoms with van der Waals surface area (Å²) in [5.41, 5.74) is -0.877. The maximum Gasteiger partial charge on any atom is 0.326 e. The van der Waals surface area contributed by atoms with Crippen LogP contribution in [0.3, 0.4) is 0 Å². The fourth-order valence-electron chi connectivity index (χ4n) is 2.71. The second-order valence-electron chi connectivity index (χ2n) is 6.32. The molecule has 1 atom stereocenters. The Morgan fingerprint density at radius 3 is 2.45 bits per heavy atom. The normalized spacial score (nSPS) is 18.2. The Hall–Kier alpha value is -0.610. The lowest BCUT2D eigenvalue weighted by Gasteiger charge is -2.32. The van der Waals surface area contributed by atoms with Crippen molar-refractivity contribution in [2.45, 2.75) is 77.3 Å². The van der Waals surface area contributed by atoms with Gasteiger partial charge in [0.1, 0.15) is 5.54 Å². The van der Waals surface area contributed by atoms with Gasteiger partial charge in [-0.1, -0.05) is 32.6 Å². The predicted molar refractivity (Wildman–Crippen MR) is 80.9 cm³/mol. The first kappa shape index (κ1) is 17.4. The zero-order valence-corrected chi connectivity index (χ0v) is 13.3. The quantitative estimate of drug-likeness (QED) is 0.541. The van der Waals surface area contributed by atoms with Crippen LogP contribution in [0.15, 0.2) is 0 Å². The third-order valence-corrected chi connectivity index (χ3v) is 3.92. The fourth-order valence-corrected chi connectivity index (χ4v) is 2.71. The number of rotatable bonds is 12. The van der Waals surface area contributed by atoms with Crippen molar-refractivity contribution in [3.63, 3.8) is 0 Å². The molecule has 4 nitrogen and oxygen atoms in total. The summed E-state index contributed by atoms with van der Waals surface area (Å²) in [6.45, 7) is 7.14. The highest BCUT2D eigenvalue weighted by Crippen LogP contribution is 2.40. The van der Waals surface area contributed by atoms with Crippen molar-refractivity contribution in [2.75, 3.05) is 13.2 Å². The van der Waals surface area contributed by atoms with E-state index < -0.39 is 11.5 Å². The zero-order valence-electron chi connectivity index (χ0n) is 13.3. The van der Waals surface area contributed by atoms with Gasteiger partial charge < -0.3 is 9.84 Å². The van der Waals surface area contributed by atoms with Gasteiger partial charge in [-0.15, -0.1) is 0 Å².